The van der Waals surface area contributed by atoms with Crippen LogP contribution in [0.25, 0.3) is 11.2 Å². The third-order valence-corrected chi connectivity index (χ3v) is 5.33. The van der Waals surface area contributed by atoms with Crippen molar-refractivity contribution in [1.82, 2.24) is 24.5 Å². The number of aromatic nitrogens is 5. The zero-order chi connectivity index (χ0) is 19.0. The number of nitrogen functional groups attached to an aromatic ring is 1. The van der Waals surface area contributed by atoms with Gasteiger partial charge in [-0.2, -0.15) is 4.98 Å². The van der Waals surface area contributed by atoms with Crippen LogP contribution in [0.4, 0.5) is 5.95 Å². The minimum atomic E-state index is -1.23. The van der Waals surface area contributed by atoms with Crippen LogP contribution in [-0.4, -0.2) is 64.7 Å². The fourth-order valence-corrected chi connectivity index (χ4v) is 3.85. The monoisotopic (exact) mass is 390 g/mol. The second-order valence-electron chi connectivity index (χ2n) is 6.09. The summed E-state index contributed by atoms with van der Waals surface area (Å²) in [4.78, 5) is 16.9. The highest BCUT2D eigenvalue weighted by atomic mass is 32.2. The lowest BCUT2D eigenvalue weighted by molar-refractivity contribution is -0.0511. The third kappa shape index (κ3) is 3.35. The van der Waals surface area contributed by atoms with E-state index in [2.05, 4.69) is 19.9 Å². The van der Waals surface area contributed by atoms with Crippen molar-refractivity contribution in [3.05, 3.63) is 36.4 Å². The smallest absolute Gasteiger partial charge is 0.223 e. The predicted molar refractivity (Wildman–Crippen MR) is 96.5 cm³/mol. The molecule has 4 rings (SSSR count). The van der Waals surface area contributed by atoms with Crippen molar-refractivity contribution in [3.8, 4) is 0 Å². The van der Waals surface area contributed by atoms with E-state index < -0.39 is 31.1 Å². The van der Waals surface area contributed by atoms with E-state index >= 15 is 0 Å². The Morgan fingerprint density at radius 1 is 1.26 bits per heavy atom. The van der Waals surface area contributed by atoms with Gasteiger partial charge < -0.3 is 25.8 Å². The minimum absolute atomic E-state index is 0.0599. The molecule has 0 bridgehead atoms. The molecule has 11 heteroatoms. The molecule has 27 heavy (non-hydrogen) atoms. The molecule has 0 aromatic carbocycles. The van der Waals surface area contributed by atoms with Gasteiger partial charge in [-0.15, -0.1) is 0 Å². The second kappa shape index (κ2) is 7.37. The zero-order valence-electron chi connectivity index (χ0n) is 14.1. The minimum Gasteiger partial charge on any atom is -0.394 e. The Hall–Kier alpha value is -2.31. The molecule has 3 aromatic rings. The van der Waals surface area contributed by atoms with Crippen LogP contribution in [0, 0.1) is 0 Å². The first kappa shape index (κ1) is 18.1. The molecule has 1 fully saturated rings. The molecule has 0 unspecified atom stereocenters. The van der Waals surface area contributed by atoms with Crippen molar-refractivity contribution < 1.29 is 20.1 Å². The molecule has 1 saturated heterocycles. The first-order valence-corrected chi connectivity index (χ1v) is 9.21. The van der Waals surface area contributed by atoms with E-state index in [-0.39, 0.29) is 5.95 Å². The molecule has 10 nitrogen and oxygen atoms in total. The van der Waals surface area contributed by atoms with Crippen LogP contribution in [0.1, 0.15) is 11.8 Å². The fourth-order valence-electron chi connectivity index (χ4n) is 2.94. The highest BCUT2D eigenvalue weighted by Crippen LogP contribution is 2.34. The van der Waals surface area contributed by atoms with Gasteiger partial charge in [0.15, 0.2) is 11.9 Å². The summed E-state index contributed by atoms with van der Waals surface area (Å²) in [6, 6.07) is 3.82. The average molecular weight is 390 g/mol. The number of ether oxygens (including phenoxy) is 1. The molecule has 0 spiro atoms. The molecule has 0 radical (unpaired) electrons. The highest BCUT2D eigenvalue weighted by molar-refractivity contribution is 7.98. The Balaban J connectivity index is 1.66. The van der Waals surface area contributed by atoms with Crippen molar-refractivity contribution in [3.63, 3.8) is 0 Å². The van der Waals surface area contributed by atoms with Crippen molar-refractivity contribution >= 4 is 28.9 Å². The van der Waals surface area contributed by atoms with Gasteiger partial charge in [0.1, 0.15) is 28.9 Å². The molecule has 142 valence electrons. The summed E-state index contributed by atoms with van der Waals surface area (Å²) >= 11 is 1.44. The number of hydrogen-bond donors (Lipinski definition) is 4. The van der Waals surface area contributed by atoms with Crippen molar-refractivity contribution in [1.29, 1.82) is 0 Å². The highest BCUT2D eigenvalue weighted by Gasteiger charge is 2.44. The summed E-state index contributed by atoms with van der Waals surface area (Å²) in [6.07, 6.45) is 0.657. The molecule has 4 heterocycles. The summed E-state index contributed by atoms with van der Waals surface area (Å²) in [5.74, 6) is 0.685. The molecule has 3 aromatic heterocycles. The number of pyridine rings is 1. The standard InChI is InChI=1S/C16H18N6O4S/c17-16-20-13-10(14(21-16)27-6-8-2-1-3-18-4-8)19-7-22(13)15-12(25)11(24)9(5-23)26-15/h1-4,7,9,11-12,15,23-25H,5-6H2,(H2,17,20,21)/t9-,11+,12-,15-/m0/s1. The Morgan fingerprint density at radius 3 is 2.81 bits per heavy atom. The molecule has 0 amide bonds. The number of anilines is 1. The van der Waals surface area contributed by atoms with E-state index in [9.17, 15) is 15.3 Å². The number of aliphatic hydroxyl groups excluding tert-OH is 3. The van der Waals surface area contributed by atoms with Crippen LogP contribution in [0.15, 0.2) is 35.9 Å². The van der Waals surface area contributed by atoms with Crippen LogP contribution in [0.2, 0.25) is 0 Å². The molecule has 5 N–H and O–H groups in total. The van der Waals surface area contributed by atoms with Gasteiger partial charge in [0.25, 0.3) is 0 Å². The molecular formula is C16H18N6O4S. The SMILES string of the molecule is Nc1nc(SCc2cccnc2)c2ncn([C@H]3O[C@@H](CO)[C@@H](O)[C@@H]3O)c2n1. The van der Waals surface area contributed by atoms with Gasteiger partial charge >= 0.3 is 0 Å². The number of aliphatic hydroxyl groups is 3. The molecule has 0 saturated carbocycles. The van der Waals surface area contributed by atoms with Gasteiger partial charge in [-0.05, 0) is 11.6 Å². The van der Waals surface area contributed by atoms with E-state index in [1.54, 1.807) is 12.4 Å². The number of fused-ring (bicyclic) bond motifs is 1. The second-order valence-corrected chi connectivity index (χ2v) is 7.05. The van der Waals surface area contributed by atoms with Crippen LogP contribution < -0.4 is 5.73 Å². The summed E-state index contributed by atoms with van der Waals surface area (Å²) in [5.41, 5.74) is 7.77. The molecule has 4 atom stereocenters. The number of rotatable bonds is 5. The summed E-state index contributed by atoms with van der Waals surface area (Å²) < 4.78 is 7.04. The number of nitrogens with two attached hydrogens (primary N) is 1. The van der Waals surface area contributed by atoms with Gasteiger partial charge in [-0.1, -0.05) is 17.8 Å². The lowest BCUT2D eigenvalue weighted by Gasteiger charge is -2.16. The quantitative estimate of drug-likeness (QED) is 0.337. The van der Waals surface area contributed by atoms with E-state index in [4.69, 9.17) is 10.5 Å². The Bertz CT molecular complexity index is 939. The summed E-state index contributed by atoms with van der Waals surface area (Å²) in [7, 11) is 0. The molecule has 1 aliphatic rings. The van der Waals surface area contributed by atoms with Crippen LogP contribution >= 0.6 is 11.8 Å². The predicted octanol–water partition coefficient (Wildman–Crippen LogP) is -0.293. The van der Waals surface area contributed by atoms with Crippen LogP contribution in [0.3, 0.4) is 0 Å². The maximum Gasteiger partial charge on any atom is 0.223 e. The molecule has 1 aliphatic heterocycles. The Kier molecular flexibility index (Phi) is 4.93. The normalized spacial score (nSPS) is 25.3. The topological polar surface area (TPSA) is 152 Å². The maximum absolute atomic E-state index is 10.3. The largest absolute Gasteiger partial charge is 0.394 e. The zero-order valence-corrected chi connectivity index (χ0v) is 14.9. The number of imidazole rings is 1. The average Bonchev–Trinajstić information content (AvgIpc) is 3.22. The first-order valence-electron chi connectivity index (χ1n) is 8.22. The van der Waals surface area contributed by atoms with Gasteiger partial charge in [0, 0.05) is 18.1 Å². The maximum atomic E-state index is 10.3. The third-order valence-electron chi connectivity index (χ3n) is 4.30. The summed E-state index contributed by atoms with van der Waals surface area (Å²) in [6.45, 7) is -0.412. The van der Waals surface area contributed by atoms with E-state index in [0.717, 1.165) is 5.56 Å². The van der Waals surface area contributed by atoms with E-state index in [1.165, 1.54) is 22.7 Å². The van der Waals surface area contributed by atoms with Crippen molar-refractivity contribution in [2.24, 2.45) is 0 Å². The molecule has 0 aliphatic carbocycles. The fraction of sp³-hybridized carbons (Fsp3) is 0.375. The molecular weight excluding hydrogens is 372 g/mol. The van der Waals surface area contributed by atoms with Crippen molar-refractivity contribution in [2.45, 2.75) is 35.3 Å². The van der Waals surface area contributed by atoms with Crippen LogP contribution in [-0.2, 0) is 10.5 Å². The van der Waals surface area contributed by atoms with Gasteiger partial charge in [0.05, 0.1) is 12.9 Å². The summed E-state index contributed by atoms with van der Waals surface area (Å²) in [5, 5.41) is 30.1. The van der Waals surface area contributed by atoms with Gasteiger partial charge in [-0.3, -0.25) is 9.55 Å². The van der Waals surface area contributed by atoms with E-state index in [1.807, 2.05) is 12.1 Å². The van der Waals surface area contributed by atoms with Gasteiger partial charge in [-0.25, -0.2) is 9.97 Å². The van der Waals surface area contributed by atoms with Crippen LogP contribution in [0.5, 0.6) is 0 Å². The number of hydrogen-bond acceptors (Lipinski definition) is 10. The van der Waals surface area contributed by atoms with Crippen molar-refractivity contribution in [2.75, 3.05) is 12.3 Å². The van der Waals surface area contributed by atoms with E-state index in [0.29, 0.717) is 21.9 Å². The number of nitrogens with zero attached hydrogens (tertiary/aromatic N) is 5. The van der Waals surface area contributed by atoms with Gasteiger partial charge in [0.2, 0.25) is 5.95 Å². The number of thioether (sulfide) groups is 1. The lowest BCUT2D eigenvalue weighted by atomic mass is 10.1. The Morgan fingerprint density at radius 2 is 2.11 bits per heavy atom. The lowest BCUT2D eigenvalue weighted by Crippen LogP contribution is -2.33. The first-order chi connectivity index (χ1) is 13.1. The Labute approximate surface area is 158 Å².